The summed E-state index contributed by atoms with van der Waals surface area (Å²) in [5.74, 6) is -1.05. The summed E-state index contributed by atoms with van der Waals surface area (Å²) in [6, 6.07) is 7.09. The molecule has 2 amide bonds. The van der Waals surface area contributed by atoms with E-state index < -0.39 is 12.1 Å². The molecule has 1 atom stereocenters. The zero-order valence-electron chi connectivity index (χ0n) is 10.0. The molecule has 0 aromatic heterocycles. The van der Waals surface area contributed by atoms with Crippen LogP contribution >= 0.6 is 22.6 Å². The first-order valence-corrected chi connectivity index (χ1v) is 6.80. The number of hydrogen-bond acceptors (Lipinski definition) is 3. The van der Waals surface area contributed by atoms with Gasteiger partial charge >= 0.3 is 12.0 Å². The highest BCUT2D eigenvalue weighted by molar-refractivity contribution is 14.1. The molecule has 1 fully saturated rings. The average Bonchev–Trinajstić information content (AvgIpc) is 2.39. The second kappa shape index (κ2) is 6.20. The number of ether oxygens (including phenoxy) is 1. The Morgan fingerprint density at radius 1 is 1.47 bits per heavy atom. The van der Waals surface area contributed by atoms with Crippen molar-refractivity contribution < 1.29 is 19.4 Å². The summed E-state index contributed by atoms with van der Waals surface area (Å²) in [6.07, 6.45) is -0.949. The van der Waals surface area contributed by atoms with E-state index in [0.29, 0.717) is 12.2 Å². The smallest absolute Gasteiger partial charge is 0.334 e. The lowest BCUT2D eigenvalue weighted by Crippen LogP contribution is -2.49. The van der Waals surface area contributed by atoms with Crippen LogP contribution in [0.5, 0.6) is 0 Å². The van der Waals surface area contributed by atoms with Gasteiger partial charge in [0.2, 0.25) is 0 Å². The lowest BCUT2D eigenvalue weighted by molar-refractivity contribution is -0.154. The highest BCUT2D eigenvalue weighted by Gasteiger charge is 2.28. The summed E-state index contributed by atoms with van der Waals surface area (Å²) in [5.41, 5.74) is 0.690. The van der Waals surface area contributed by atoms with Crippen molar-refractivity contribution in [1.82, 2.24) is 4.90 Å². The molecule has 1 aliphatic heterocycles. The number of halogens is 1. The Bertz CT molecular complexity index is 494. The minimum Gasteiger partial charge on any atom is -0.479 e. The van der Waals surface area contributed by atoms with Crippen molar-refractivity contribution >= 4 is 40.3 Å². The summed E-state index contributed by atoms with van der Waals surface area (Å²) >= 11 is 2.16. The topological polar surface area (TPSA) is 78.9 Å². The van der Waals surface area contributed by atoms with Gasteiger partial charge in [-0.15, -0.1) is 0 Å². The molecule has 102 valence electrons. The van der Waals surface area contributed by atoms with Crippen LogP contribution in [0, 0.1) is 3.57 Å². The third kappa shape index (κ3) is 3.80. The van der Waals surface area contributed by atoms with Crippen LogP contribution in [0.2, 0.25) is 0 Å². The highest BCUT2D eigenvalue weighted by Crippen LogP contribution is 2.14. The van der Waals surface area contributed by atoms with Crippen LogP contribution in [0.25, 0.3) is 0 Å². The average molecular weight is 376 g/mol. The number of carboxylic acid groups (broad SMARTS) is 1. The predicted octanol–water partition coefficient (Wildman–Crippen LogP) is 1.61. The number of nitrogens with zero attached hydrogens (tertiary/aromatic N) is 1. The number of amides is 2. The summed E-state index contributed by atoms with van der Waals surface area (Å²) < 4.78 is 6.08. The number of morpholine rings is 1. The fraction of sp³-hybridized carbons (Fsp3) is 0.333. The largest absolute Gasteiger partial charge is 0.479 e. The SMILES string of the molecule is O=C(O)C1CN(C(=O)Nc2cccc(I)c2)CCO1. The standard InChI is InChI=1S/C12H13IN2O4/c13-8-2-1-3-9(6-8)14-12(18)15-4-5-19-10(7-15)11(16)17/h1-3,6,10H,4-5,7H2,(H,14,18)(H,16,17). The maximum Gasteiger partial charge on any atom is 0.334 e. The Kier molecular flexibility index (Phi) is 4.59. The van der Waals surface area contributed by atoms with Crippen molar-refractivity contribution in [3.05, 3.63) is 27.8 Å². The normalized spacial score (nSPS) is 19.0. The number of carbonyl (C=O) groups is 2. The molecule has 1 aromatic rings. The predicted molar refractivity (Wildman–Crippen MR) is 77.1 cm³/mol. The van der Waals surface area contributed by atoms with Crippen LogP contribution in [0.1, 0.15) is 0 Å². The van der Waals surface area contributed by atoms with E-state index in [1.54, 1.807) is 6.07 Å². The second-order valence-electron chi connectivity index (χ2n) is 4.08. The summed E-state index contributed by atoms with van der Waals surface area (Å²) in [7, 11) is 0. The van der Waals surface area contributed by atoms with Crippen LogP contribution in [0.15, 0.2) is 24.3 Å². The molecule has 2 rings (SSSR count). The van der Waals surface area contributed by atoms with Gasteiger partial charge in [-0.3, -0.25) is 0 Å². The quantitative estimate of drug-likeness (QED) is 0.769. The maximum absolute atomic E-state index is 12.0. The Hall–Kier alpha value is -1.35. The highest BCUT2D eigenvalue weighted by atomic mass is 127. The molecule has 0 saturated carbocycles. The van der Waals surface area contributed by atoms with Crippen LogP contribution < -0.4 is 5.32 Å². The van der Waals surface area contributed by atoms with Gasteiger partial charge in [0, 0.05) is 15.8 Å². The number of nitrogens with one attached hydrogen (secondary N) is 1. The number of benzene rings is 1. The van der Waals surface area contributed by atoms with E-state index in [9.17, 15) is 9.59 Å². The monoisotopic (exact) mass is 376 g/mol. The number of carboxylic acids is 1. The number of carbonyl (C=O) groups excluding carboxylic acids is 1. The van der Waals surface area contributed by atoms with E-state index >= 15 is 0 Å². The van der Waals surface area contributed by atoms with E-state index in [4.69, 9.17) is 9.84 Å². The minimum absolute atomic E-state index is 0.0606. The van der Waals surface area contributed by atoms with E-state index in [1.165, 1.54) is 4.90 Å². The molecule has 1 unspecified atom stereocenters. The zero-order valence-corrected chi connectivity index (χ0v) is 12.2. The van der Waals surface area contributed by atoms with Gasteiger partial charge in [0.25, 0.3) is 0 Å². The second-order valence-corrected chi connectivity index (χ2v) is 5.33. The van der Waals surface area contributed by atoms with E-state index in [1.807, 2.05) is 18.2 Å². The number of anilines is 1. The number of rotatable bonds is 2. The maximum atomic E-state index is 12.0. The Labute approximate surface area is 123 Å². The summed E-state index contributed by atoms with van der Waals surface area (Å²) in [5, 5.41) is 11.6. The first kappa shape index (κ1) is 14.1. The first-order chi connectivity index (χ1) is 9.06. The molecule has 0 aliphatic carbocycles. The molecule has 0 radical (unpaired) electrons. The van der Waals surface area contributed by atoms with Gasteiger partial charge < -0.3 is 20.1 Å². The van der Waals surface area contributed by atoms with Crippen molar-refractivity contribution in [3.63, 3.8) is 0 Å². The summed E-state index contributed by atoms with van der Waals surface area (Å²) in [6.45, 7) is 0.682. The lowest BCUT2D eigenvalue weighted by Gasteiger charge is -2.30. The minimum atomic E-state index is -1.05. The van der Waals surface area contributed by atoms with Crippen molar-refractivity contribution in [3.8, 4) is 0 Å². The first-order valence-electron chi connectivity index (χ1n) is 5.72. The van der Waals surface area contributed by atoms with Crippen LogP contribution in [0.3, 0.4) is 0 Å². The summed E-state index contributed by atoms with van der Waals surface area (Å²) in [4.78, 5) is 24.3. The molecule has 19 heavy (non-hydrogen) atoms. The molecule has 1 aromatic carbocycles. The van der Waals surface area contributed by atoms with Gasteiger partial charge in [-0.1, -0.05) is 6.07 Å². The third-order valence-corrected chi connectivity index (χ3v) is 3.38. The fourth-order valence-corrected chi connectivity index (χ4v) is 2.30. The molecule has 1 aliphatic rings. The fourth-order valence-electron chi connectivity index (χ4n) is 1.75. The molecule has 2 N–H and O–H groups in total. The molecule has 0 spiro atoms. The molecule has 0 bridgehead atoms. The van der Waals surface area contributed by atoms with Gasteiger partial charge in [-0.2, -0.15) is 0 Å². The molecule has 7 heteroatoms. The van der Waals surface area contributed by atoms with Gasteiger partial charge in [-0.05, 0) is 40.8 Å². The number of urea groups is 1. The molecule has 1 saturated heterocycles. The number of aliphatic carboxylic acids is 1. The van der Waals surface area contributed by atoms with E-state index in [2.05, 4.69) is 27.9 Å². The Morgan fingerprint density at radius 2 is 2.26 bits per heavy atom. The van der Waals surface area contributed by atoms with E-state index in [-0.39, 0.29) is 19.2 Å². The Morgan fingerprint density at radius 3 is 2.95 bits per heavy atom. The van der Waals surface area contributed by atoms with Crippen LogP contribution in [-0.2, 0) is 9.53 Å². The molecular weight excluding hydrogens is 363 g/mol. The number of hydrogen-bond donors (Lipinski definition) is 2. The van der Waals surface area contributed by atoms with Gasteiger partial charge in [-0.25, -0.2) is 9.59 Å². The van der Waals surface area contributed by atoms with Crippen LogP contribution in [-0.4, -0.2) is 47.8 Å². The Balaban J connectivity index is 1.98. The van der Waals surface area contributed by atoms with Gasteiger partial charge in [0.05, 0.1) is 13.2 Å². The molecular formula is C12H13IN2O4. The van der Waals surface area contributed by atoms with Gasteiger partial charge in [0.15, 0.2) is 6.10 Å². The third-order valence-electron chi connectivity index (χ3n) is 2.70. The molecule has 6 nitrogen and oxygen atoms in total. The zero-order chi connectivity index (χ0) is 13.8. The lowest BCUT2D eigenvalue weighted by atomic mass is 10.3. The van der Waals surface area contributed by atoms with Crippen LogP contribution in [0.4, 0.5) is 10.5 Å². The van der Waals surface area contributed by atoms with Crippen molar-refractivity contribution in [2.75, 3.05) is 25.0 Å². The van der Waals surface area contributed by atoms with Crippen molar-refractivity contribution in [2.24, 2.45) is 0 Å². The van der Waals surface area contributed by atoms with Crippen molar-refractivity contribution in [2.45, 2.75) is 6.10 Å². The molecule has 1 heterocycles. The van der Waals surface area contributed by atoms with Gasteiger partial charge in [0.1, 0.15) is 0 Å². The van der Waals surface area contributed by atoms with Crippen molar-refractivity contribution in [1.29, 1.82) is 0 Å². The van der Waals surface area contributed by atoms with E-state index in [0.717, 1.165) is 3.57 Å².